The van der Waals surface area contributed by atoms with Crippen LogP contribution in [0.15, 0.2) is 30.2 Å². The molecule has 1 fully saturated rings. The Morgan fingerprint density at radius 3 is 2.51 bits per heavy atom. The van der Waals surface area contributed by atoms with E-state index in [1.807, 2.05) is 13.8 Å². The average molecular weight is 492 g/mol. The summed E-state index contributed by atoms with van der Waals surface area (Å²) in [6.45, 7) is 9.03. The molecule has 1 aliphatic rings. The van der Waals surface area contributed by atoms with Crippen LogP contribution in [0.1, 0.15) is 85.3 Å². The summed E-state index contributed by atoms with van der Waals surface area (Å²) in [6.07, 6.45) is 3.07. The van der Waals surface area contributed by atoms with Crippen molar-refractivity contribution in [2.45, 2.75) is 97.9 Å². The minimum atomic E-state index is -1.32. The predicted octanol–water partition coefficient (Wildman–Crippen LogP) is 5.27. The van der Waals surface area contributed by atoms with E-state index >= 15 is 4.39 Å². The van der Waals surface area contributed by atoms with E-state index in [0.717, 1.165) is 19.3 Å². The smallest absolute Gasteiger partial charge is 0.309 e. The van der Waals surface area contributed by atoms with Crippen LogP contribution in [0.2, 0.25) is 0 Å². The second kappa shape index (κ2) is 13.3. The standard InChI is InChI=1S/C28H42FNO5/c1-6-21-26(33)19(3)11-9-10-18(2)13-14-23(22(29)16-20-12-7-8-15-30-20)35-25(32)17-24(31)28(4,5)27(21)34/h7-8,12,15-16,18-19,21,23-24,26,31,33H,6,9-11,13-14,17H2,1-5H3/b22-16-/t18-,19-,21+,23-,24-,26-/m0/s1. The minimum Gasteiger partial charge on any atom is -0.455 e. The van der Waals surface area contributed by atoms with E-state index < -0.39 is 47.9 Å². The monoisotopic (exact) mass is 491 g/mol. The number of Topliss-reactive ketones (excluding diaryl/α,β-unsaturated/α-hetero) is 1. The van der Waals surface area contributed by atoms with Crippen molar-refractivity contribution in [3.8, 4) is 0 Å². The van der Waals surface area contributed by atoms with Crippen LogP contribution in [0, 0.1) is 23.2 Å². The summed E-state index contributed by atoms with van der Waals surface area (Å²) in [5.41, 5.74) is -0.852. The number of pyridine rings is 1. The highest BCUT2D eigenvalue weighted by Crippen LogP contribution is 2.34. The van der Waals surface area contributed by atoms with E-state index in [9.17, 15) is 19.8 Å². The van der Waals surface area contributed by atoms with E-state index in [-0.39, 0.29) is 17.6 Å². The lowest BCUT2D eigenvalue weighted by Gasteiger charge is -2.35. The van der Waals surface area contributed by atoms with Crippen LogP contribution in [-0.2, 0) is 14.3 Å². The van der Waals surface area contributed by atoms with Gasteiger partial charge in [-0.15, -0.1) is 0 Å². The lowest BCUT2D eigenvalue weighted by atomic mass is 9.71. The quantitative estimate of drug-likeness (QED) is 0.559. The van der Waals surface area contributed by atoms with E-state index in [0.29, 0.717) is 25.0 Å². The van der Waals surface area contributed by atoms with Gasteiger partial charge in [0.2, 0.25) is 0 Å². The highest BCUT2D eigenvalue weighted by molar-refractivity contribution is 5.88. The molecular formula is C28H42FNO5. The number of nitrogens with zero attached hydrogens (tertiary/aromatic N) is 1. The summed E-state index contributed by atoms with van der Waals surface area (Å²) in [4.78, 5) is 30.2. The van der Waals surface area contributed by atoms with Crippen LogP contribution in [0.3, 0.4) is 0 Å². The van der Waals surface area contributed by atoms with Gasteiger partial charge in [-0.05, 0) is 55.7 Å². The number of esters is 1. The van der Waals surface area contributed by atoms with Gasteiger partial charge in [-0.3, -0.25) is 14.6 Å². The van der Waals surface area contributed by atoms with Crippen LogP contribution >= 0.6 is 0 Å². The van der Waals surface area contributed by atoms with Crippen molar-refractivity contribution in [3.63, 3.8) is 0 Å². The number of carbonyl (C=O) groups is 2. The first kappa shape index (κ1) is 29.1. The third kappa shape index (κ3) is 8.21. The van der Waals surface area contributed by atoms with Crippen molar-refractivity contribution in [3.05, 3.63) is 35.9 Å². The number of hydrogen-bond acceptors (Lipinski definition) is 6. The zero-order valence-corrected chi connectivity index (χ0v) is 21.7. The average Bonchev–Trinajstić information content (AvgIpc) is 2.81. The van der Waals surface area contributed by atoms with Crippen LogP contribution in [0.5, 0.6) is 0 Å². The highest BCUT2D eigenvalue weighted by atomic mass is 19.1. The van der Waals surface area contributed by atoms with Gasteiger partial charge in [-0.2, -0.15) is 0 Å². The van der Waals surface area contributed by atoms with Crippen LogP contribution in [0.25, 0.3) is 6.08 Å². The normalized spacial score (nSPS) is 32.2. The van der Waals surface area contributed by atoms with Crippen molar-refractivity contribution in [2.24, 2.45) is 23.2 Å². The summed E-state index contributed by atoms with van der Waals surface area (Å²) < 4.78 is 20.7. The molecule has 7 heteroatoms. The topological polar surface area (TPSA) is 96.7 Å². The van der Waals surface area contributed by atoms with E-state index in [1.54, 1.807) is 38.2 Å². The molecule has 196 valence electrons. The number of cyclic esters (lactones) is 1. The lowest BCUT2D eigenvalue weighted by molar-refractivity contribution is -0.155. The molecule has 0 amide bonds. The minimum absolute atomic E-state index is 0.0755. The molecule has 1 aromatic heterocycles. The van der Waals surface area contributed by atoms with Gasteiger partial charge in [-0.1, -0.05) is 53.5 Å². The fourth-order valence-electron chi connectivity index (χ4n) is 4.73. The molecule has 0 radical (unpaired) electrons. The maximum absolute atomic E-state index is 15.2. The van der Waals surface area contributed by atoms with Crippen molar-refractivity contribution in [2.75, 3.05) is 0 Å². The van der Waals surface area contributed by atoms with Crippen LogP contribution < -0.4 is 0 Å². The third-order valence-electron chi connectivity index (χ3n) is 7.43. The number of aromatic nitrogens is 1. The number of ketones is 1. The number of aliphatic hydroxyl groups excluding tert-OH is 2. The number of hydrogen-bond donors (Lipinski definition) is 2. The Morgan fingerprint density at radius 2 is 1.89 bits per heavy atom. The highest BCUT2D eigenvalue weighted by Gasteiger charge is 2.43. The molecule has 2 heterocycles. The SMILES string of the molecule is CC[C@H]1C(=O)C(C)(C)[C@@H](O)CC(=O)O[C@H](/C(F)=C/c2ccccn2)CC[C@@H](C)CCC[C@H](C)[C@@H]1O. The Morgan fingerprint density at radius 1 is 1.17 bits per heavy atom. The number of rotatable bonds is 3. The summed E-state index contributed by atoms with van der Waals surface area (Å²) in [5.74, 6) is -2.09. The van der Waals surface area contributed by atoms with Crippen LogP contribution in [-0.4, -0.2) is 45.3 Å². The molecule has 0 aliphatic carbocycles. The Balaban J connectivity index is 2.30. The summed E-state index contributed by atoms with van der Waals surface area (Å²) in [6, 6.07) is 5.14. The Bertz CT molecular complexity index is 856. The molecule has 1 saturated heterocycles. The van der Waals surface area contributed by atoms with Gasteiger partial charge in [0.05, 0.1) is 29.7 Å². The number of aliphatic hydroxyl groups is 2. The number of halogens is 1. The van der Waals surface area contributed by atoms with E-state index in [4.69, 9.17) is 4.74 Å². The molecular weight excluding hydrogens is 449 g/mol. The fourth-order valence-corrected chi connectivity index (χ4v) is 4.73. The van der Waals surface area contributed by atoms with Gasteiger partial charge in [0.25, 0.3) is 0 Å². The molecule has 1 aliphatic heterocycles. The molecule has 6 nitrogen and oxygen atoms in total. The van der Waals surface area contributed by atoms with Crippen molar-refractivity contribution >= 4 is 17.8 Å². The maximum Gasteiger partial charge on any atom is 0.309 e. The summed E-state index contributed by atoms with van der Waals surface area (Å²) in [7, 11) is 0. The predicted molar refractivity (Wildman–Crippen MR) is 134 cm³/mol. The second-order valence-electron chi connectivity index (χ2n) is 10.7. The lowest BCUT2D eigenvalue weighted by Crippen LogP contribution is -2.46. The molecule has 0 aromatic carbocycles. The fraction of sp³-hybridized carbons (Fsp3) is 0.679. The molecule has 0 spiro atoms. The molecule has 2 rings (SSSR count). The molecule has 6 atom stereocenters. The Labute approximate surface area is 209 Å². The van der Waals surface area contributed by atoms with Crippen LogP contribution in [0.4, 0.5) is 4.39 Å². The first-order valence-electron chi connectivity index (χ1n) is 12.8. The molecule has 35 heavy (non-hydrogen) atoms. The van der Waals surface area contributed by atoms with E-state index in [1.165, 1.54) is 6.08 Å². The Kier molecular flexibility index (Phi) is 11.0. The van der Waals surface area contributed by atoms with Crippen molar-refractivity contribution in [1.29, 1.82) is 0 Å². The number of carbonyl (C=O) groups excluding carboxylic acids is 2. The molecule has 2 N–H and O–H groups in total. The van der Waals surface area contributed by atoms with Crippen molar-refractivity contribution < 1.29 is 28.9 Å². The zero-order valence-electron chi connectivity index (χ0n) is 21.7. The van der Waals surface area contributed by atoms with Gasteiger partial charge in [0, 0.05) is 12.1 Å². The summed E-state index contributed by atoms with van der Waals surface area (Å²) >= 11 is 0. The Hall–Kier alpha value is -2.12. The van der Waals surface area contributed by atoms with Crippen molar-refractivity contribution in [1.82, 2.24) is 4.98 Å². The largest absolute Gasteiger partial charge is 0.455 e. The maximum atomic E-state index is 15.2. The first-order valence-corrected chi connectivity index (χ1v) is 12.8. The number of ether oxygens (including phenoxy) is 1. The van der Waals surface area contributed by atoms with Gasteiger partial charge in [0.15, 0.2) is 6.10 Å². The molecule has 1 aromatic rings. The molecule has 0 bridgehead atoms. The third-order valence-corrected chi connectivity index (χ3v) is 7.43. The zero-order chi connectivity index (χ0) is 26.2. The van der Waals surface area contributed by atoms with Gasteiger partial charge in [0.1, 0.15) is 11.6 Å². The summed E-state index contributed by atoms with van der Waals surface area (Å²) in [5, 5.41) is 21.8. The molecule has 0 saturated carbocycles. The van der Waals surface area contributed by atoms with E-state index in [2.05, 4.69) is 11.9 Å². The van der Waals surface area contributed by atoms with Gasteiger partial charge >= 0.3 is 5.97 Å². The van der Waals surface area contributed by atoms with Gasteiger partial charge in [-0.25, -0.2) is 4.39 Å². The first-order chi connectivity index (χ1) is 16.5. The second-order valence-corrected chi connectivity index (χ2v) is 10.7. The molecule has 0 unspecified atom stereocenters. The van der Waals surface area contributed by atoms with Gasteiger partial charge < -0.3 is 14.9 Å².